The highest BCUT2D eigenvalue weighted by Crippen LogP contribution is 2.35. The summed E-state index contributed by atoms with van der Waals surface area (Å²) in [6, 6.07) is 3.25. The van der Waals surface area contributed by atoms with Gasteiger partial charge < -0.3 is 30.6 Å². The monoisotopic (exact) mass is 320 g/mol. The number of benzene rings is 2. The van der Waals surface area contributed by atoms with Gasteiger partial charge in [-0.05, 0) is 0 Å². The topological polar surface area (TPSA) is 156 Å². The normalized spacial score (nSPS) is 10.4. The van der Waals surface area contributed by atoms with Crippen molar-refractivity contribution in [1.29, 1.82) is 0 Å². The second-order valence-corrected chi connectivity index (χ2v) is 4.74. The minimum atomic E-state index is -0.989. The molecule has 0 aliphatic heterocycles. The first-order valence-corrected chi connectivity index (χ1v) is 6.27. The average Bonchev–Trinajstić information content (AvgIpc) is 2.35. The molecule has 120 valence electrons. The fraction of sp³-hybridized carbons (Fsp3) is 0.0667. The van der Waals surface area contributed by atoms with Gasteiger partial charge in [-0.15, -0.1) is 0 Å². The third-order valence-electron chi connectivity index (χ3n) is 3.04. The van der Waals surface area contributed by atoms with Gasteiger partial charge in [-0.1, -0.05) is 0 Å². The summed E-state index contributed by atoms with van der Waals surface area (Å²) >= 11 is 0. The van der Waals surface area contributed by atoms with Crippen LogP contribution in [0.15, 0.2) is 24.3 Å². The molecule has 0 aliphatic carbocycles. The van der Waals surface area contributed by atoms with Crippen LogP contribution in [0, 0.1) is 0 Å². The molecule has 0 atom stereocenters. The van der Waals surface area contributed by atoms with E-state index in [0.29, 0.717) is 0 Å². The van der Waals surface area contributed by atoms with E-state index in [9.17, 15) is 40.2 Å². The van der Waals surface area contributed by atoms with Crippen LogP contribution in [-0.4, -0.2) is 42.2 Å². The molecule has 0 heterocycles. The molecule has 0 saturated heterocycles. The summed E-state index contributed by atoms with van der Waals surface area (Å²) in [7, 11) is 0. The number of aromatic hydroxyl groups is 6. The molecule has 0 bridgehead atoms. The zero-order chi connectivity index (χ0) is 17.3. The Balaban J connectivity index is 2.33. The molecule has 8 heteroatoms. The van der Waals surface area contributed by atoms with Crippen molar-refractivity contribution in [2.75, 3.05) is 0 Å². The van der Waals surface area contributed by atoms with Crippen LogP contribution in [0.1, 0.15) is 27.1 Å². The molecular weight excluding hydrogens is 308 g/mol. The molecule has 2 aromatic carbocycles. The molecule has 2 rings (SSSR count). The van der Waals surface area contributed by atoms with Crippen LogP contribution in [0.3, 0.4) is 0 Å². The Hall–Kier alpha value is -3.42. The van der Waals surface area contributed by atoms with Crippen LogP contribution < -0.4 is 0 Å². The molecule has 0 amide bonds. The van der Waals surface area contributed by atoms with E-state index in [1.54, 1.807) is 0 Å². The van der Waals surface area contributed by atoms with Crippen molar-refractivity contribution >= 4 is 11.6 Å². The lowest BCUT2D eigenvalue weighted by Gasteiger charge is -2.09. The highest BCUT2D eigenvalue weighted by Gasteiger charge is 2.24. The highest BCUT2D eigenvalue weighted by atomic mass is 16.3. The number of rotatable bonds is 4. The summed E-state index contributed by atoms with van der Waals surface area (Å²) in [6.07, 6.45) is -0.877. The van der Waals surface area contributed by atoms with E-state index in [1.165, 1.54) is 0 Å². The Bertz CT molecular complexity index is 696. The van der Waals surface area contributed by atoms with Gasteiger partial charge in [-0.25, -0.2) is 0 Å². The van der Waals surface area contributed by atoms with Gasteiger partial charge in [-0.2, -0.15) is 0 Å². The minimum absolute atomic E-state index is 0.475. The lowest BCUT2D eigenvalue weighted by molar-refractivity contribution is 0.0889. The summed E-state index contributed by atoms with van der Waals surface area (Å²) < 4.78 is 0. The van der Waals surface area contributed by atoms with Crippen LogP contribution in [0.25, 0.3) is 0 Å². The summed E-state index contributed by atoms with van der Waals surface area (Å²) in [5.41, 5.74) is -1.15. The van der Waals surface area contributed by atoms with E-state index < -0.39 is 63.6 Å². The second-order valence-electron chi connectivity index (χ2n) is 4.74. The maximum atomic E-state index is 12.0. The van der Waals surface area contributed by atoms with Crippen molar-refractivity contribution in [3.8, 4) is 34.5 Å². The Morgan fingerprint density at radius 2 is 0.870 bits per heavy atom. The van der Waals surface area contributed by atoms with Gasteiger partial charge in [0.1, 0.15) is 45.6 Å². The number of carbonyl (C=O) groups is 2. The van der Waals surface area contributed by atoms with E-state index in [0.717, 1.165) is 24.3 Å². The van der Waals surface area contributed by atoms with Gasteiger partial charge in [0, 0.05) is 24.3 Å². The molecule has 0 spiro atoms. The van der Waals surface area contributed by atoms with Gasteiger partial charge in [0.2, 0.25) is 0 Å². The number of phenols is 6. The summed E-state index contributed by atoms with van der Waals surface area (Å²) in [5.74, 6) is -5.82. The van der Waals surface area contributed by atoms with Gasteiger partial charge in [0.25, 0.3) is 0 Å². The van der Waals surface area contributed by atoms with Gasteiger partial charge in [0.15, 0.2) is 11.6 Å². The number of phenolic OH excluding ortho intramolecular Hbond substituents is 6. The van der Waals surface area contributed by atoms with Crippen LogP contribution in [0.4, 0.5) is 0 Å². The van der Waals surface area contributed by atoms with Crippen molar-refractivity contribution in [1.82, 2.24) is 0 Å². The summed E-state index contributed by atoms with van der Waals surface area (Å²) in [5, 5.41) is 56.7. The van der Waals surface area contributed by atoms with E-state index in [1.807, 2.05) is 0 Å². The molecule has 0 fully saturated rings. The minimum Gasteiger partial charge on any atom is -0.508 e. The average molecular weight is 320 g/mol. The predicted molar refractivity (Wildman–Crippen MR) is 76.2 cm³/mol. The maximum Gasteiger partial charge on any atom is 0.178 e. The first-order chi connectivity index (χ1) is 10.7. The molecule has 0 unspecified atom stereocenters. The number of carbonyl (C=O) groups excluding carboxylic acids is 2. The largest absolute Gasteiger partial charge is 0.508 e. The Labute approximate surface area is 129 Å². The van der Waals surface area contributed by atoms with E-state index in [4.69, 9.17) is 0 Å². The van der Waals surface area contributed by atoms with Crippen molar-refractivity contribution < 1.29 is 40.2 Å². The van der Waals surface area contributed by atoms with Crippen LogP contribution in [0.2, 0.25) is 0 Å². The van der Waals surface area contributed by atoms with E-state index in [-0.39, 0.29) is 0 Å². The van der Waals surface area contributed by atoms with Crippen molar-refractivity contribution in [2.24, 2.45) is 0 Å². The Morgan fingerprint density at radius 3 is 1.13 bits per heavy atom. The number of ketones is 2. The first-order valence-electron chi connectivity index (χ1n) is 6.27. The zero-order valence-corrected chi connectivity index (χ0v) is 11.5. The van der Waals surface area contributed by atoms with Crippen LogP contribution in [0.5, 0.6) is 34.5 Å². The predicted octanol–water partition coefficient (Wildman–Crippen LogP) is 1.38. The van der Waals surface area contributed by atoms with E-state index in [2.05, 4.69) is 0 Å². The van der Waals surface area contributed by atoms with Crippen molar-refractivity contribution in [3.63, 3.8) is 0 Å². The second kappa shape index (κ2) is 5.76. The van der Waals surface area contributed by atoms with Gasteiger partial charge in [-0.3, -0.25) is 9.59 Å². The Morgan fingerprint density at radius 1 is 0.609 bits per heavy atom. The molecule has 0 aliphatic rings. The smallest absolute Gasteiger partial charge is 0.178 e. The fourth-order valence-corrected chi connectivity index (χ4v) is 2.09. The molecule has 0 saturated carbocycles. The highest BCUT2D eigenvalue weighted by molar-refractivity contribution is 6.17. The molecule has 23 heavy (non-hydrogen) atoms. The zero-order valence-electron chi connectivity index (χ0n) is 11.5. The molecule has 2 aromatic rings. The molecule has 0 aromatic heterocycles. The molecule has 6 N–H and O–H groups in total. The molecule has 8 nitrogen and oxygen atoms in total. The standard InChI is InChI=1S/C15H12O8/c16-6-1-8(18)14(9(19)2-6)12(22)5-13(23)15-10(20)3-7(17)4-11(15)21/h1-4,16-21H,5H2. The fourth-order valence-electron chi connectivity index (χ4n) is 2.09. The summed E-state index contributed by atoms with van der Waals surface area (Å²) in [4.78, 5) is 24.1. The van der Waals surface area contributed by atoms with E-state index >= 15 is 0 Å². The molecule has 0 radical (unpaired) electrons. The SMILES string of the molecule is O=C(CC(=O)c1c(O)cc(O)cc1O)c1c(O)cc(O)cc1O. The number of hydrogen-bond acceptors (Lipinski definition) is 8. The number of Topliss-reactive ketones (excluding diaryl/α,β-unsaturated/α-hetero) is 2. The first kappa shape index (κ1) is 16.0. The third-order valence-corrected chi connectivity index (χ3v) is 3.04. The van der Waals surface area contributed by atoms with Gasteiger partial charge >= 0.3 is 0 Å². The van der Waals surface area contributed by atoms with Gasteiger partial charge in [0.05, 0.1) is 6.42 Å². The lowest BCUT2D eigenvalue weighted by Crippen LogP contribution is -2.09. The maximum absolute atomic E-state index is 12.0. The summed E-state index contributed by atoms with van der Waals surface area (Å²) in [6.45, 7) is 0. The molecular formula is C15H12O8. The number of hydrogen-bond donors (Lipinski definition) is 6. The van der Waals surface area contributed by atoms with Crippen LogP contribution >= 0.6 is 0 Å². The van der Waals surface area contributed by atoms with Crippen molar-refractivity contribution in [2.45, 2.75) is 6.42 Å². The quantitative estimate of drug-likeness (QED) is 0.364. The lowest BCUT2D eigenvalue weighted by atomic mass is 9.98. The Kier molecular flexibility index (Phi) is 4.00. The van der Waals surface area contributed by atoms with Crippen molar-refractivity contribution in [3.05, 3.63) is 35.4 Å². The van der Waals surface area contributed by atoms with Crippen LogP contribution in [-0.2, 0) is 0 Å². The third kappa shape index (κ3) is 3.10.